The van der Waals surface area contributed by atoms with Gasteiger partial charge >= 0.3 is 12.1 Å². The van der Waals surface area contributed by atoms with Crippen LogP contribution in [0.3, 0.4) is 0 Å². The molecular weight excluding hydrogens is 255 g/mol. The second kappa shape index (κ2) is 5.05. The Morgan fingerprint density at radius 1 is 1.53 bits per heavy atom. The van der Waals surface area contributed by atoms with Gasteiger partial charge in [0, 0.05) is 9.75 Å². The molecule has 2 N–H and O–H groups in total. The van der Waals surface area contributed by atoms with Crippen molar-refractivity contribution in [3.63, 3.8) is 0 Å². The number of aryl methyl sites for hydroxylation is 2. The van der Waals surface area contributed by atoms with Crippen molar-refractivity contribution in [3.05, 3.63) is 21.4 Å². The highest BCUT2D eigenvalue weighted by molar-refractivity contribution is 7.12. The van der Waals surface area contributed by atoms with Crippen molar-refractivity contribution in [2.75, 3.05) is 6.54 Å². The van der Waals surface area contributed by atoms with Crippen LogP contribution in [-0.4, -0.2) is 23.8 Å². The molecule has 96 valence electrons. The first-order valence-electron chi connectivity index (χ1n) is 4.80. The third-order valence-electron chi connectivity index (χ3n) is 2.14. The van der Waals surface area contributed by atoms with Gasteiger partial charge in [0.05, 0.1) is 6.54 Å². The van der Waals surface area contributed by atoms with E-state index in [1.54, 1.807) is 19.9 Å². The summed E-state index contributed by atoms with van der Waals surface area (Å²) >= 11 is 1.36. The van der Waals surface area contributed by atoms with Crippen molar-refractivity contribution in [2.45, 2.75) is 26.1 Å². The molecule has 0 spiro atoms. The third kappa shape index (κ3) is 4.01. The van der Waals surface area contributed by atoms with Crippen molar-refractivity contribution in [3.8, 4) is 0 Å². The molecule has 17 heavy (non-hydrogen) atoms. The predicted molar refractivity (Wildman–Crippen MR) is 58.2 cm³/mol. The van der Waals surface area contributed by atoms with Gasteiger partial charge in [0.2, 0.25) is 0 Å². The zero-order valence-corrected chi connectivity index (χ0v) is 10.1. The average Bonchev–Trinajstić information content (AvgIpc) is 2.43. The van der Waals surface area contributed by atoms with E-state index in [1.807, 2.05) is 5.32 Å². The molecule has 0 aromatic carbocycles. The number of carboxylic acid groups (broad SMARTS) is 1. The summed E-state index contributed by atoms with van der Waals surface area (Å²) in [6.07, 6.45) is -4.42. The zero-order chi connectivity index (χ0) is 13.2. The lowest BCUT2D eigenvalue weighted by atomic mass is 10.1. The maximum atomic E-state index is 12.0. The number of alkyl halides is 3. The van der Waals surface area contributed by atoms with E-state index in [2.05, 4.69) is 0 Å². The Morgan fingerprint density at radius 3 is 2.47 bits per heavy atom. The van der Waals surface area contributed by atoms with Crippen LogP contribution in [0.2, 0.25) is 0 Å². The number of nitrogens with one attached hydrogen (secondary N) is 1. The van der Waals surface area contributed by atoms with Gasteiger partial charge in [0.25, 0.3) is 0 Å². The van der Waals surface area contributed by atoms with Gasteiger partial charge in [-0.2, -0.15) is 13.2 Å². The summed E-state index contributed by atoms with van der Waals surface area (Å²) in [7, 11) is 0. The molecule has 3 nitrogen and oxygen atoms in total. The minimum atomic E-state index is -4.42. The van der Waals surface area contributed by atoms with E-state index in [4.69, 9.17) is 5.11 Å². The Hall–Kier alpha value is -1.08. The lowest BCUT2D eigenvalue weighted by Crippen LogP contribution is -2.36. The number of hydrogen-bond acceptors (Lipinski definition) is 3. The molecule has 1 aromatic heterocycles. The van der Waals surface area contributed by atoms with Crippen LogP contribution in [0.15, 0.2) is 6.07 Å². The summed E-state index contributed by atoms with van der Waals surface area (Å²) in [4.78, 5) is 12.5. The van der Waals surface area contributed by atoms with Crippen LogP contribution in [0.25, 0.3) is 0 Å². The van der Waals surface area contributed by atoms with E-state index in [0.29, 0.717) is 10.4 Å². The Kier molecular flexibility index (Phi) is 4.16. The maximum Gasteiger partial charge on any atom is 0.401 e. The van der Waals surface area contributed by atoms with Gasteiger partial charge < -0.3 is 5.11 Å². The highest BCUT2D eigenvalue weighted by atomic mass is 32.1. The monoisotopic (exact) mass is 267 g/mol. The van der Waals surface area contributed by atoms with Gasteiger partial charge in [-0.15, -0.1) is 11.3 Å². The molecule has 0 aliphatic heterocycles. The quantitative estimate of drug-likeness (QED) is 0.881. The van der Waals surface area contributed by atoms with Gasteiger partial charge in [-0.1, -0.05) is 0 Å². The molecular formula is C10H12F3NO2S. The van der Waals surface area contributed by atoms with Crippen LogP contribution in [0.4, 0.5) is 13.2 Å². The minimum absolute atomic E-state index is 0.393. The zero-order valence-electron chi connectivity index (χ0n) is 9.26. The molecule has 1 heterocycles. The molecule has 0 amide bonds. The van der Waals surface area contributed by atoms with Crippen molar-refractivity contribution in [1.82, 2.24) is 5.32 Å². The highest BCUT2D eigenvalue weighted by Gasteiger charge is 2.31. The summed E-state index contributed by atoms with van der Waals surface area (Å²) in [5.41, 5.74) is 0.393. The molecule has 1 atom stereocenters. The Bertz CT molecular complexity index is 414. The Morgan fingerprint density at radius 2 is 2.12 bits per heavy atom. The molecule has 0 aliphatic carbocycles. The molecule has 1 aromatic rings. The van der Waals surface area contributed by atoms with Gasteiger partial charge in [-0.25, -0.2) is 0 Å². The first-order chi connectivity index (χ1) is 7.70. The molecule has 7 heteroatoms. The fraction of sp³-hybridized carbons (Fsp3) is 0.500. The number of aliphatic carboxylic acids is 1. The van der Waals surface area contributed by atoms with Gasteiger partial charge in [-0.3, -0.25) is 10.1 Å². The molecule has 0 saturated heterocycles. The Labute approximate surface area is 100 Å². The molecule has 1 rings (SSSR count). The number of carboxylic acids is 1. The van der Waals surface area contributed by atoms with E-state index < -0.39 is 24.7 Å². The fourth-order valence-corrected chi connectivity index (χ4v) is 2.45. The van der Waals surface area contributed by atoms with Crippen LogP contribution < -0.4 is 5.32 Å². The average molecular weight is 267 g/mol. The lowest BCUT2D eigenvalue weighted by molar-refractivity contribution is -0.143. The van der Waals surface area contributed by atoms with E-state index in [0.717, 1.165) is 4.88 Å². The number of halogens is 3. The number of thiophene rings is 1. The molecule has 0 saturated carbocycles. The van der Waals surface area contributed by atoms with Crippen molar-refractivity contribution >= 4 is 17.3 Å². The number of carbonyl (C=O) groups is 1. The summed E-state index contributed by atoms with van der Waals surface area (Å²) < 4.78 is 36.1. The summed E-state index contributed by atoms with van der Waals surface area (Å²) in [5.74, 6) is -1.31. The highest BCUT2D eigenvalue weighted by Crippen LogP contribution is 2.27. The number of hydrogen-bond donors (Lipinski definition) is 2. The maximum absolute atomic E-state index is 12.0. The predicted octanol–water partition coefficient (Wildman–Crippen LogP) is 2.64. The summed E-state index contributed by atoms with van der Waals surface area (Å²) in [6.45, 7) is 2.15. The van der Waals surface area contributed by atoms with Crippen LogP contribution in [0.1, 0.15) is 21.4 Å². The second-order valence-electron chi connectivity index (χ2n) is 3.64. The molecule has 0 radical (unpaired) electrons. The van der Waals surface area contributed by atoms with Gasteiger partial charge in [-0.05, 0) is 25.5 Å². The molecule has 0 bridgehead atoms. The smallest absolute Gasteiger partial charge is 0.401 e. The van der Waals surface area contributed by atoms with Crippen LogP contribution in [0.5, 0.6) is 0 Å². The molecule has 1 unspecified atom stereocenters. The lowest BCUT2D eigenvalue weighted by Gasteiger charge is -2.15. The van der Waals surface area contributed by atoms with Crippen molar-refractivity contribution in [1.29, 1.82) is 0 Å². The van der Waals surface area contributed by atoms with Crippen LogP contribution in [-0.2, 0) is 4.79 Å². The van der Waals surface area contributed by atoms with E-state index in [-0.39, 0.29) is 0 Å². The molecule has 0 aliphatic rings. The van der Waals surface area contributed by atoms with Crippen LogP contribution in [0, 0.1) is 13.8 Å². The van der Waals surface area contributed by atoms with E-state index in [9.17, 15) is 18.0 Å². The summed E-state index contributed by atoms with van der Waals surface area (Å²) in [5, 5.41) is 10.9. The van der Waals surface area contributed by atoms with Crippen LogP contribution >= 0.6 is 11.3 Å². The topological polar surface area (TPSA) is 49.3 Å². The van der Waals surface area contributed by atoms with Crippen molar-refractivity contribution in [2.24, 2.45) is 0 Å². The third-order valence-corrected chi connectivity index (χ3v) is 3.13. The first-order valence-corrected chi connectivity index (χ1v) is 5.62. The SMILES string of the molecule is Cc1cc(C(NCC(F)(F)F)C(=O)O)c(C)s1. The van der Waals surface area contributed by atoms with E-state index >= 15 is 0 Å². The van der Waals surface area contributed by atoms with Gasteiger partial charge in [0.1, 0.15) is 6.04 Å². The standard InChI is InChI=1S/C10H12F3NO2S/c1-5-3-7(6(2)17-5)8(9(15)16)14-4-10(11,12)13/h3,8,14H,4H2,1-2H3,(H,15,16). The number of rotatable bonds is 4. The fourth-order valence-electron chi connectivity index (χ4n) is 1.49. The minimum Gasteiger partial charge on any atom is -0.480 e. The van der Waals surface area contributed by atoms with Crippen molar-refractivity contribution < 1.29 is 23.1 Å². The van der Waals surface area contributed by atoms with E-state index in [1.165, 1.54) is 11.3 Å². The largest absolute Gasteiger partial charge is 0.480 e. The van der Waals surface area contributed by atoms with Gasteiger partial charge in [0.15, 0.2) is 0 Å². The first kappa shape index (κ1) is 14.0. The Balaban J connectivity index is 2.87. The molecule has 0 fully saturated rings. The summed E-state index contributed by atoms with van der Waals surface area (Å²) in [6, 6.07) is 0.281. The normalized spacial score (nSPS) is 13.7. The second-order valence-corrected chi connectivity index (χ2v) is 5.10.